The van der Waals surface area contributed by atoms with Gasteiger partial charge in [0.25, 0.3) is 5.24 Å². The van der Waals surface area contributed by atoms with E-state index in [9.17, 15) is 4.79 Å². The van der Waals surface area contributed by atoms with Crippen molar-refractivity contribution in [3.05, 3.63) is 29.0 Å². The average Bonchev–Trinajstić information content (AvgIpc) is 1.88. The van der Waals surface area contributed by atoms with Crippen molar-refractivity contribution in [3.63, 3.8) is 0 Å². The number of pyridine rings is 1. The van der Waals surface area contributed by atoms with Gasteiger partial charge in [-0.2, -0.15) is 0 Å². The molecule has 60 valence electrons. The van der Waals surface area contributed by atoms with E-state index in [1.54, 1.807) is 0 Å². The molecule has 0 aromatic carbocycles. The van der Waals surface area contributed by atoms with Gasteiger partial charge in [0.15, 0.2) is 0 Å². The highest BCUT2D eigenvalue weighted by atomic mass is 35.5. The van der Waals surface area contributed by atoms with Crippen LogP contribution in [0.5, 0.6) is 0 Å². The molecule has 0 unspecified atom stereocenters. The van der Waals surface area contributed by atoms with E-state index in [0.717, 1.165) is 0 Å². The lowest BCUT2D eigenvalue weighted by Crippen LogP contribution is -1.90. The van der Waals surface area contributed by atoms with Gasteiger partial charge in [-0.1, -0.05) is 11.6 Å². The largest absolute Gasteiger partial charge is 0.275 e. The highest BCUT2D eigenvalue weighted by Gasteiger charge is 2.05. The summed E-state index contributed by atoms with van der Waals surface area (Å²) < 4.78 is 0. The lowest BCUT2D eigenvalue weighted by atomic mass is 10.3. The third kappa shape index (κ3) is 2.66. The second-order valence-electron chi connectivity index (χ2n) is 1.63. The van der Waals surface area contributed by atoms with E-state index >= 15 is 0 Å². The van der Waals surface area contributed by atoms with E-state index in [4.69, 9.17) is 23.2 Å². The Balaban J connectivity index is 0.000001000. The number of carbonyl (C=O) groups excluding carboxylic acids is 1. The molecule has 0 N–H and O–H groups in total. The molecule has 1 rings (SSSR count). The highest BCUT2D eigenvalue weighted by Crippen LogP contribution is 2.14. The van der Waals surface area contributed by atoms with Gasteiger partial charge in [-0.3, -0.25) is 9.78 Å². The molecular formula is C6H4Cl3NO. The fourth-order valence-corrected chi connectivity index (χ4v) is 0.912. The number of nitrogens with zero attached hydrogens (tertiary/aromatic N) is 1. The van der Waals surface area contributed by atoms with Crippen molar-refractivity contribution < 1.29 is 4.79 Å². The summed E-state index contributed by atoms with van der Waals surface area (Å²) in [7, 11) is 0. The van der Waals surface area contributed by atoms with Crippen LogP contribution in [0, 0.1) is 0 Å². The predicted molar refractivity (Wildman–Crippen MR) is 46.7 cm³/mol. The predicted octanol–water partition coefficient (Wildman–Crippen LogP) is 2.54. The quantitative estimate of drug-likeness (QED) is 0.670. The monoisotopic (exact) mass is 211 g/mol. The van der Waals surface area contributed by atoms with Crippen molar-refractivity contribution in [1.29, 1.82) is 0 Å². The number of rotatable bonds is 1. The van der Waals surface area contributed by atoms with Crippen molar-refractivity contribution in [2.24, 2.45) is 0 Å². The minimum absolute atomic E-state index is 0. The molecule has 0 spiro atoms. The molecule has 1 aromatic rings. The second kappa shape index (κ2) is 4.54. The van der Waals surface area contributed by atoms with Gasteiger partial charge in [0, 0.05) is 12.4 Å². The van der Waals surface area contributed by atoms with Crippen molar-refractivity contribution in [2.45, 2.75) is 0 Å². The average molecular weight is 212 g/mol. The van der Waals surface area contributed by atoms with Crippen LogP contribution in [0.3, 0.4) is 0 Å². The Morgan fingerprint density at radius 3 is 2.55 bits per heavy atom. The fourth-order valence-electron chi connectivity index (χ4n) is 0.522. The Kier molecular flexibility index (Phi) is 4.42. The lowest BCUT2D eigenvalue weighted by Gasteiger charge is -1.93. The molecule has 0 fully saturated rings. The Morgan fingerprint density at radius 2 is 2.18 bits per heavy atom. The standard InChI is InChI=1S/C6H3Cl2NO.ClH/c7-5-1-2-9-3-4(5)6(8)10;/h1-3H;1H. The van der Waals surface area contributed by atoms with E-state index in [1.165, 1.54) is 18.5 Å². The van der Waals surface area contributed by atoms with E-state index in [-0.39, 0.29) is 18.0 Å². The van der Waals surface area contributed by atoms with Crippen molar-refractivity contribution in [2.75, 3.05) is 0 Å². The molecular weight excluding hydrogens is 208 g/mol. The summed E-state index contributed by atoms with van der Waals surface area (Å²) in [4.78, 5) is 14.2. The molecule has 0 aliphatic rings. The molecule has 0 atom stereocenters. The smallest absolute Gasteiger partial charge is 0.255 e. The van der Waals surface area contributed by atoms with Gasteiger partial charge in [-0.15, -0.1) is 12.4 Å². The molecule has 0 aliphatic heterocycles. The lowest BCUT2D eigenvalue weighted by molar-refractivity contribution is 0.108. The third-order valence-corrected chi connectivity index (χ3v) is 1.51. The first-order chi connectivity index (χ1) is 4.72. The molecule has 0 radical (unpaired) electrons. The number of aromatic nitrogens is 1. The van der Waals surface area contributed by atoms with Gasteiger partial charge in [0.1, 0.15) is 0 Å². The number of hydrogen-bond acceptors (Lipinski definition) is 2. The molecule has 5 heteroatoms. The summed E-state index contributed by atoms with van der Waals surface area (Å²) in [5.74, 6) is 0. The summed E-state index contributed by atoms with van der Waals surface area (Å²) >= 11 is 10.7. The molecule has 0 aliphatic carbocycles. The van der Waals surface area contributed by atoms with E-state index in [0.29, 0.717) is 5.02 Å². The van der Waals surface area contributed by atoms with Gasteiger partial charge >= 0.3 is 0 Å². The zero-order valence-corrected chi connectivity index (χ0v) is 7.58. The fraction of sp³-hybridized carbons (Fsp3) is 0. The molecule has 0 saturated carbocycles. The Morgan fingerprint density at radius 1 is 1.55 bits per heavy atom. The Labute approximate surface area is 79.9 Å². The summed E-state index contributed by atoms with van der Waals surface area (Å²) in [6.07, 6.45) is 2.82. The van der Waals surface area contributed by atoms with Gasteiger partial charge in [-0.05, 0) is 17.7 Å². The highest BCUT2D eigenvalue weighted by molar-refractivity contribution is 6.68. The van der Waals surface area contributed by atoms with Crippen molar-refractivity contribution in [1.82, 2.24) is 4.98 Å². The van der Waals surface area contributed by atoms with E-state index < -0.39 is 5.24 Å². The van der Waals surface area contributed by atoms with Gasteiger partial charge in [-0.25, -0.2) is 0 Å². The maximum atomic E-state index is 10.5. The van der Waals surface area contributed by atoms with Crippen LogP contribution in [0.2, 0.25) is 5.02 Å². The normalized spacial score (nSPS) is 8.55. The third-order valence-electron chi connectivity index (χ3n) is 0.980. The first kappa shape index (κ1) is 10.7. The Hall–Kier alpha value is -0.310. The van der Waals surface area contributed by atoms with E-state index in [2.05, 4.69) is 4.98 Å². The van der Waals surface area contributed by atoms with Crippen LogP contribution in [0.1, 0.15) is 10.4 Å². The first-order valence-electron chi connectivity index (χ1n) is 2.51. The molecule has 0 amide bonds. The molecule has 1 aromatic heterocycles. The molecule has 11 heavy (non-hydrogen) atoms. The van der Waals surface area contributed by atoms with Gasteiger partial charge in [0.2, 0.25) is 0 Å². The minimum Gasteiger partial charge on any atom is -0.275 e. The van der Waals surface area contributed by atoms with E-state index in [1.807, 2.05) is 0 Å². The maximum Gasteiger partial charge on any atom is 0.255 e. The number of halogens is 3. The zero-order valence-electron chi connectivity index (χ0n) is 5.25. The summed E-state index contributed by atoms with van der Waals surface area (Å²) in [5.41, 5.74) is 0.242. The van der Waals surface area contributed by atoms with Crippen LogP contribution in [-0.2, 0) is 0 Å². The van der Waals surface area contributed by atoms with Gasteiger partial charge < -0.3 is 0 Å². The molecule has 0 saturated heterocycles. The SMILES string of the molecule is Cl.O=C(Cl)c1cnccc1Cl. The number of hydrogen-bond donors (Lipinski definition) is 0. The zero-order chi connectivity index (χ0) is 7.56. The summed E-state index contributed by atoms with van der Waals surface area (Å²) in [6.45, 7) is 0. The summed E-state index contributed by atoms with van der Waals surface area (Å²) in [5, 5.41) is -0.256. The van der Waals surface area contributed by atoms with Crippen LogP contribution < -0.4 is 0 Å². The van der Waals surface area contributed by atoms with Crippen LogP contribution in [-0.4, -0.2) is 10.2 Å². The van der Waals surface area contributed by atoms with Crippen molar-refractivity contribution in [3.8, 4) is 0 Å². The second-order valence-corrected chi connectivity index (χ2v) is 2.38. The van der Waals surface area contributed by atoms with Crippen LogP contribution >= 0.6 is 35.6 Å². The first-order valence-corrected chi connectivity index (χ1v) is 3.27. The number of carbonyl (C=O) groups is 1. The molecule has 0 bridgehead atoms. The van der Waals surface area contributed by atoms with Crippen molar-refractivity contribution >= 4 is 40.9 Å². The summed E-state index contributed by atoms with van der Waals surface area (Å²) in [6, 6.07) is 1.51. The molecule has 1 heterocycles. The maximum absolute atomic E-state index is 10.5. The van der Waals surface area contributed by atoms with Crippen LogP contribution in [0.4, 0.5) is 0 Å². The topological polar surface area (TPSA) is 30.0 Å². The van der Waals surface area contributed by atoms with Gasteiger partial charge in [0.05, 0.1) is 10.6 Å². The minimum atomic E-state index is -0.585. The Bertz CT molecular complexity index is 264. The molecule has 2 nitrogen and oxygen atoms in total. The van der Waals surface area contributed by atoms with Crippen LogP contribution in [0.15, 0.2) is 18.5 Å². The van der Waals surface area contributed by atoms with Crippen LogP contribution in [0.25, 0.3) is 0 Å².